The Morgan fingerprint density at radius 2 is 2.06 bits per heavy atom. The summed E-state index contributed by atoms with van der Waals surface area (Å²) in [6.07, 6.45) is 0.947. The molecule has 0 aliphatic carbocycles. The van der Waals surface area contributed by atoms with Gasteiger partial charge in [0.25, 0.3) is 0 Å². The van der Waals surface area contributed by atoms with Gasteiger partial charge in [-0.15, -0.1) is 0 Å². The van der Waals surface area contributed by atoms with Crippen LogP contribution in [0.3, 0.4) is 0 Å². The number of nitrogens with one attached hydrogen (secondary N) is 2. The zero-order valence-electron chi connectivity index (χ0n) is 10.5. The second-order valence-electron chi connectivity index (χ2n) is 4.50. The third-order valence-corrected chi connectivity index (χ3v) is 2.71. The second kappa shape index (κ2) is 5.80. The van der Waals surface area contributed by atoms with Gasteiger partial charge in [0.1, 0.15) is 5.82 Å². The van der Waals surface area contributed by atoms with E-state index in [0.29, 0.717) is 0 Å². The number of aromatic amines is 1. The Hall–Kier alpha value is -1.39. The molecule has 4 nitrogen and oxygen atoms in total. The summed E-state index contributed by atoms with van der Waals surface area (Å²) in [5, 5.41) is 3.41. The Morgan fingerprint density at radius 3 is 2.82 bits per heavy atom. The van der Waals surface area contributed by atoms with Crippen molar-refractivity contribution in [3.63, 3.8) is 0 Å². The quantitative estimate of drug-likeness (QED) is 0.737. The van der Waals surface area contributed by atoms with E-state index in [1.54, 1.807) is 0 Å². The number of imidazole rings is 1. The number of hydrogen-bond acceptors (Lipinski definition) is 3. The van der Waals surface area contributed by atoms with Crippen molar-refractivity contribution in [2.24, 2.45) is 0 Å². The first-order valence-corrected chi connectivity index (χ1v) is 6.05. The first-order valence-electron chi connectivity index (χ1n) is 6.05. The Bertz CT molecular complexity index is 428. The number of aromatic nitrogens is 2. The monoisotopic (exact) mass is 232 g/mol. The van der Waals surface area contributed by atoms with Crippen molar-refractivity contribution in [1.29, 1.82) is 0 Å². The summed E-state index contributed by atoms with van der Waals surface area (Å²) < 4.78 is 0. The van der Waals surface area contributed by atoms with E-state index < -0.39 is 0 Å². The van der Waals surface area contributed by atoms with Crippen LogP contribution in [0.25, 0.3) is 11.0 Å². The molecule has 0 aliphatic heterocycles. The molecule has 0 aliphatic rings. The highest BCUT2D eigenvalue weighted by atomic mass is 15.1. The normalized spacial score (nSPS) is 11.5. The largest absolute Gasteiger partial charge is 0.342 e. The molecule has 2 aromatic rings. The van der Waals surface area contributed by atoms with Gasteiger partial charge < -0.3 is 15.2 Å². The lowest BCUT2D eigenvalue weighted by molar-refractivity contribution is 0.400. The number of fused-ring (bicyclic) bond motifs is 1. The number of H-pyrrole nitrogens is 1. The maximum absolute atomic E-state index is 4.54. The minimum Gasteiger partial charge on any atom is -0.342 e. The molecule has 0 radical (unpaired) electrons. The Labute approximate surface area is 102 Å². The van der Waals surface area contributed by atoms with Crippen molar-refractivity contribution < 1.29 is 0 Å². The first-order chi connectivity index (χ1) is 8.25. The summed E-state index contributed by atoms with van der Waals surface area (Å²) in [6, 6.07) is 8.14. The van der Waals surface area contributed by atoms with Gasteiger partial charge in [0.2, 0.25) is 0 Å². The molecule has 0 fully saturated rings. The van der Waals surface area contributed by atoms with E-state index in [9.17, 15) is 0 Å². The summed E-state index contributed by atoms with van der Waals surface area (Å²) in [5.74, 6) is 1.06. The van der Waals surface area contributed by atoms with Crippen LogP contribution < -0.4 is 5.32 Å². The SMILES string of the molecule is CN(C)CCNCCc1nc2ccccc2[nH]1. The average Bonchev–Trinajstić information content (AvgIpc) is 2.70. The molecule has 0 amide bonds. The lowest BCUT2D eigenvalue weighted by Crippen LogP contribution is -2.28. The smallest absolute Gasteiger partial charge is 0.108 e. The fourth-order valence-corrected chi connectivity index (χ4v) is 1.76. The molecule has 92 valence electrons. The van der Waals surface area contributed by atoms with E-state index in [1.807, 2.05) is 18.2 Å². The van der Waals surface area contributed by atoms with Gasteiger partial charge in [-0.2, -0.15) is 0 Å². The average molecular weight is 232 g/mol. The molecule has 4 heteroatoms. The number of hydrogen-bond donors (Lipinski definition) is 2. The second-order valence-corrected chi connectivity index (χ2v) is 4.50. The molecule has 0 unspecified atom stereocenters. The van der Waals surface area contributed by atoms with E-state index in [4.69, 9.17) is 0 Å². The predicted molar refractivity (Wildman–Crippen MR) is 71.2 cm³/mol. The van der Waals surface area contributed by atoms with E-state index in [-0.39, 0.29) is 0 Å². The van der Waals surface area contributed by atoms with Gasteiger partial charge in [0.05, 0.1) is 11.0 Å². The topological polar surface area (TPSA) is 44.0 Å². The number of rotatable bonds is 6. The molecular weight excluding hydrogens is 212 g/mol. The Morgan fingerprint density at radius 1 is 1.24 bits per heavy atom. The fraction of sp³-hybridized carbons (Fsp3) is 0.462. The third-order valence-electron chi connectivity index (χ3n) is 2.71. The van der Waals surface area contributed by atoms with Crippen LogP contribution in [0, 0.1) is 0 Å². The third kappa shape index (κ3) is 3.54. The van der Waals surface area contributed by atoms with Gasteiger partial charge in [0, 0.05) is 26.1 Å². The minimum absolute atomic E-state index is 0.947. The van der Waals surface area contributed by atoms with Gasteiger partial charge in [-0.1, -0.05) is 12.1 Å². The highest BCUT2D eigenvalue weighted by molar-refractivity contribution is 5.74. The van der Waals surface area contributed by atoms with Crippen molar-refractivity contribution in [2.75, 3.05) is 33.7 Å². The molecule has 2 rings (SSSR count). The van der Waals surface area contributed by atoms with E-state index >= 15 is 0 Å². The predicted octanol–water partition coefficient (Wildman–Crippen LogP) is 1.26. The van der Waals surface area contributed by atoms with Crippen LogP contribution in [0.15, 0.2) is 24.3 Å². The van der Waals surface area contributed by atoms with Crippen molar-refractivity contribution >= 4 is 11.0 Å². The summed E-state index contributed by atoms with van der Waals surface area (Å²) >= 11 is 0. The van der Waals surface area contributed by atoms with Crippen LogP contribution in [-0.4, -0.2) is 48.6 Å². The number of benzene rings is 1. The first kappa shape index (κ1) is 12.1. The molecule has 0 bridgehead atoms. The summed E-state index contributed by atoms with van der Waals surface area (Å²) in [7, 11) is 4.17. The number of para-hydroxylation sites is 2. The van der Waals surface area contributed by atoms with Crippen LogP contribution >= 0.6 is 0 Å². The Balaban J connectivity index is 1.79. The van der Waals surface area contributed by atoms with Crippen molar-refractivity contribution in [3.05, 3.63) is 30.1 Å². The highest BCUT2D eigenvalue weighted by Gasteiger charge is 2.00. The van der Waals surface area contributed by atoms with E-state index in [1.165, 1.54) is 0 Å². The lowest BCUT2D eigenvalue weighted by atomic mass is 10.3. The minimum atomic E-state index is 0.947. The summed E-state index contributed by atoms with van der Waals surface area (Å²) in [6.45, 7) is 3.06. The van der Waals surface area contributed by atoms with Crippen LogP contribution in [-0.2, 0) is 6.42 Å². The van der Waals surface area contributed by atoms with Gasteiger partial charge in [-0.3, -0.25) is 0 Å². The van der Waals surface area contributed by atoms with Crippen LogP contribution in [0.5, 0.6) is 0 Å². The van der Waals surface area contributed by atoms with Gasteiger partial charge in [0.15, 0.2) is 0 Å². The lowest BCUT2D eigenvalue weighted by Gasteiger charge is -2.09. The molecule has 17 heavy (non-hydrogen) atoms. The molecule has 1 aromatic heterocycles. The molecule has 0 saturated heterocycles. The summed E-state index contributed by atoms with van der Waals surface area (Å²) in [4.78, 5) is 10.0. The van der Waals surface area contributed by atoms with E-state index in [2.05, 4.69) is 40.3 Å². The maximum atomic E-state index is 4.54. The van der Waals surface area contributed by atoms with Gasteiger partial charge in [-0.05, 0) is 26.2 Å². The molecule has 1 aromatic carbocycles. The Kier molecular flexibility index (Phi) is 4.12. The highest BCUT2D eigenvalue weighted by Crippen LogP contribution is 2.09. The van der Waals surface area contributed by atoms with Crippen molar-refractivity contribution in [2.45, 2.75) is 6.42 Å². The molecule has 0 saturated carbocycles. The molecule has 0 spiro atoms. The number of likely N-dealkylation sites (N-methyl/N-ethyl adjacent to an activating group) is 1. The van der Waals surface area contributed by atoms with Crippen LogP contribution in [0.1, 0.15) is 5.82 Å². The zero-order chi connectivity index (χ0) is 12.1. The summed E-state index contributed by atoms with van der Waals surface area (Å²) in [5.41, 5.74) is 2.17. The zero-order valence-corrected chi connectivity index (χ0v) is 10.5. The maximum Gasteiger partial charge on any atom is 0.108 e. The van der Waals surface area contributed by atoms with E-state index in [0.717, 1.165) is 42.9 Å². The molecule has 2 N–H and O–H groups in total. The van der Waals surface area contributed by atoms with Gasteiger partial charge >= 0.3 is 0 Å². The standard InChI is InChI=1S/C13H20N4/c1-17(2)10-9-14-8-7-13-15-11-5-3-4-6-12(11)16-13/h3-6,14H,7-10H2,1-2H3,(H,15,16). The molecule has 0 atom stereocenters. The van der Waals surface area contributed by atoms with Crippen molar-refractivity contribution in [1.82, 2.24) is 20.2 Å². The molecular formula is C13H20N4. The van der Waals surface area contributed by atoms with Crippen LogP contribution in [0.4, 0.5) is 0 Å². The van der Waals surface area contributed by atoms with Gasteiger partial charge in [-0.25, -0.2) is 4.98 Å². The van der Waals surface area contributed by atoms with Crippen LogP contribution in [0.2, 0.25) is 0 Å². The fourth-order valence-electron chi connectivity index (χ4n) is 1.76. The molecule has 1 heterocycles. The van der Waals surface area contributed by atoms with Crippen molar-refractivity contribution in [3.8, 4) is 0 Å². The number of nitrogens with zero attached hydrogens (tertiary/aromatic N) is 2.